The topological polar surface area (TPSA) is 83.8 Å². The zero-order valence-corrected chi connectivity index (χ0v) is 12.9. The van der Waals surface area contributed by atoms with Crippen molar-refractivity contribution < 1.29 is 4.79 Å². The molecule has 1 rings (SSSR count). The van der Waals surface area contributed by atoms with Crippen molar-refractivity contribution in [1.82, 2.24) is 10.2 Å². The van der Waals surface area contributed by atoms with Crippen LogP contribution < -0.4 is 11.1 Å². The Bertz CT molecular complexity index is 398. The minimum atomic E-state index is -0.460. The maximum Gasteiger partial charge on any atom is 0.242 e. The number of aromatic nitrogens is 2. The summed E-state index contributed by atoms with van der Waals surface area (Å²) in [5, 5.41) is 9.73. The highest BCUT2D eigenvalue weighted by molar-refractivity contribution is 5.93. The highest BCUT2D eigenvalue weighted by Gasteiger charge is 2.16. The molecule has 1 aromatic heterocycles. The average molecular weight is 289 g/mol. The SMILES string of the molecule is CCCC(N)C(=O)Nc1cc(CC(C)(C)C)[nH]n1.Cl. The van der Waals surface area contributed by atoms with E-state index in [1.165, 1.54) is 0 Å². The maximum absolute atomic E-state index is 11.7. The van der Waals surface area contributed by atoms with Crippen LogP contribution in [0, 0.1) is 5.41 Å². The molecule has 0 saturated carbocycles. The van der Waals surface area contributed by atoms with Crippen LogP contribution in [0.5, 0.6) is 0 Å². The van der Waals surface area contributed by atoms with Gasteiger partial charge in [-0.25, -0.2) is 0 Å². The van der Waals surface area contributed by atoms with E-state index in [1.54, 1.807) is 0 Å². The number of nitrogens with zero attached hydrogens (tertiary/aromatic N) is 1. The minimum Gasteiger partial charge on any atom is -0.320 e. The van der Waals surface area contributed by atoms with Crippen molar-refractivity contribution in [3.05, 3.63) is 11.8 Å². The van der Waals surface area contributed by atoms with Crippen LogP contribution in [-0.2, 0) is 11.2 Å². The molecule has 0 spiro atoms. The van der Waals surface area contributed by atoms with Gasteiger partial charge in [-0.1, -0.05) is 34.1 Å². The van der Waals surface area contributed by atoms with Crippen molar-refractivity contribution in [1.29, 1.82) is 0 Å². The number of hydrogen-bond donors (Lipinski definition) is 3. The fraction of sp³-hybridized carbons (Fsp3) is 0.692. The number of H-pyrrole nitrogens is 1. The van der Waals surface area contributed by atoms with Gasteiger partial charge in [-0.2, -0.15) is 5.10 Å². The Hall–Kier alpha value is -1.07. The van der Waals surface area contributed by atoms with Crippen LogP contribution in [0.1, 0.15) is 46.2 Å². The molecule has 0 bridgehead atoms. The molecule has 0 aliphatic carbocycles. The normalized spacial score (nSPS) is 12.7. The van der Waals surface area contributed by atoms with Crippen molar-refractivity contribution in [2.24, 2.45) is 11.1 Å². The molecular formula is C13H25ClN4O. The second-order valence-electron chi connectivity index (χ2n) is 5.90. The summed E-state index contributed by atoms with van der Waals surface area (Å²) < 4.78 is 0. The summed E-state index contributed by atoms with van der Waals surface area (Å²) in [6.45, 7) is 8.47. The second kappa shape index (κ2) is 7.50. The first-order chi connectivity index (χ1) is 8.31. The van der Waals surface area contributed by atoms with E-state index in [-0.39, 0.29) is 23.7 Å². The van der Waals surface area contributed by atoms with Gasteiger partial charge in [-0.05, 0) is 18.3 Å². The standard InChI is InChI=1S/C13H24N4O.ClH/c1-5-6-10(14)12(18)15-11-7-9(16-17-11)8-13(2,3)4;/h7,10H,5-6,8,14H2,1-4H3,(H2,15,16,17,18);1H. The van der Waals surface area contributed by atoms with Crippen molar-refractivity contribution in [2.75, 3.05) is 5.32 Å². The lowest BCUT2D eigenvalue weighted by Gasteiger charge is -2.15. The van der Waals surface area contributed by atoms with Gasteiger partial charge in [0.15, 0.2) is 5.82 Å². The van der Waals surface area contributed by atoms with Crippen LogP contribution in [-0.4, -0.2) is 22.1 Å². The lowest BCUT2D eigenvalue weighted by Crippen LogP contribution is -2.35. The fourth-order valence-electron chi connectivity index (χ4n) is 1.75. The molecule has 1 unspecified atom stereocenters. The molecule has 110 valence electrons. The summed E-state index contributed by atoms with van der Waals surface area (Å²) in [6, 6.07) is 1.40. The quantitative estimate of drug-likeness (QED) is 0.778. The molecule has 0 aliphatic rings. The number of rotatable bonds is 5. The number of anilines is 1. The van der Waals surface area contributed by atoms with E-state index < -0.39 is 6.04 Å². The van der Waals surface area contributed by atoms with Gasteiger partial charge < -0.3 is 11.1 Å². The summed E-state index contributed by atoms with van der Waals surface area (Å²) in [6.07, 6.45) is 2.46. The van der Waals surface area contributed by atoms with E-state index in [0.717, 1.165) is 18.5 Å². The molecule has 5 nitrogen and oxygen atoms in total. The predicted octanol–water partition coefficient (Wildman–Crippen LogP) is 2.49. The summed E-state index contributed by atoms with van der Waals surface area (Å²) in [5.41, 5.74) is 6.94. The maximum atomic E-state index is 11.7. The molecule has 1 amide bonds. The number of nitrogens with two attached hydrogens (primary N) is 1. The van der Waals surface area contributed by atoms with Gasteiger partial charge in [0.1, 0.15) is 0 Å². The van der Waals surface area contributed by atoms with Gasteiger partial charge in [0.25, 0.3) is 0 Å². The molecule has 6 heteroatoms. The third-order valence-corrected chi connectivity index (χ3v) is 2.54. The smallest absolute Gasteiger partial charge is 0.242 e. The third kappa shape index (κ3) is 6.59. The van der Waals surface area contributed by atoms with Gasteiger partial charge in [-0.15, -0.1) is 12.4 Å². The van der Waals surface area contributed by atoms with Crippen molar-refractivity contribution in [3.63, 3.8) is 0 Å². The molecule has 0 radical (unpaired) electrons. The zero-order valence-electron chi connectivity index (χ0n) is 12.1. The molecule has 0 aromatic carbocycles. The Labute approximate surface area is 121 Å². The predicted molar refractivity (Wildman–Crippen MR) is 80.5 cm³/mol. The highest BCUT2D eigenvalue weighted by atomic mass is 35.5. The Morgan fingerprint density at radius 3 is 2.68 bits per heavy atom. The monoisotopic (exact) mass is 288 g/mol. The first-order valence-electron chi connectivity index (χ1n) is 6.42. The number of carbonyl (C=O) groups excluding carboxylic acids is 1. The molecule has 19 heavy (non-hydrogen) atoms. The van der Waals surface area contributed by atoms with E-state index >= 15 is 0 Å². The summed E-state index contributed by atoms with van der Waals surface area (Å²) >= 11 is 0. The van der Waals surface area contributed by atoms with Crippen LogP contribution in [0.15, 0.2) is 6.07 Å². The molecule has 0 aliphatic heterocycles. The van der Waals surface area contributed by atoms with Crippen molar-refractivity contribution >= 4 is 24.1 Å². The Morgan fingerprint density at radius 2 is 2.16 bits per heavy atom. The highest BCUT2D eigenvalue weighted by Crippen LogP contribution is 2.20. The first-order valence-corrected chi connectivity index (χ1v) is 6.42. The Balaban J connectivity index is 0.00000324. The first kappa shape index (κ1) is 17.9. The molecule has 1 heterocycles. The fourth-order valence-corrected chi connectivity index (χ4v) is 1.75. The molecule has 0 saturated heterocycles. The van der Waals surface area contributed by atoms with Crippen molar-refractivity contribution in [3.8, 4) is 0 Å². The third-order valence-electron chi connectivity index (χ3n) is 2.54. The lowest BCUT2D eigenvalue weighted by molar-refractivity contribution is -0.117. The Kier molecular flexibility index (Phi) is 7.08. The Morgan fingerprint density at radius 1 is 1.53 bits per heavy atom. The van der Waals surface area contributed by atoms with Crippen LogP contribution in [0.25, 0.3) is 0 Å². The van der Waals surface area contributed by atoms with E-state index in [1.807, 2.05) is 13.0 Å². The minimum absolute atomic E-state index is 0. The number of halogens is 1. The van der Waals surface area contributed by atoms with Gasteiger partial charge in [0.05, 0.1) is 6.04 Å². The number of hydrogen-bond acceptors (Lipinski definition) is 3. The van der Waals surface area contributed by atoms with Crippen LogP contribution in [0.3, 0.4) is 0 Å². The van der Waals surface area contributed by atoms with E-state index in [9.17, 15) is 4.79 Å². The molecule has 1 aromatic rings. The molecule has 1 atom stereocenters. The van der Waals surface area contributed by atoms with Crippen molar-refractivity contribution in [2.45, 2.75) is 53.0 Å². The molecular weight excluding hydrogens is 264 g/mol. The largest absolute Gasteiger partial charge is 0.320 e. The van der Waals surface area contributed by atoms with Crippen LogP contribution >= 0.6 is 12.4 Å². The number of nitrogens with one attached hydrogen (secondary N) is 2. The summed E-state index contributed by atoms with van der Waals surface area (Å²) in [5.74, 6) is 0.372. The van der Waals surface area contributed by atoms with Gasteiger partial charge >= 0.3 is 0 Å². The van der Waals surface area contributed by atoms with Gasteiger partial charge in [0.2, 0.25) is 5.91 Å². The van der Waals surface area contributed by atoms with E-state index in [4.69, 9.17) is 5.73 Å². The number of amides is 1. The zero-order chi connectivity index (χ0) is 13.8. The van der Waals surface area contributed by atoms with E-state index in [0.29, 0.717) is 12.2 Å². The molecule has 0 fully saturated rings. The number of carbonyl (C=O) groups is 1. The van der Waals surface area contributed by atoms with Crippen LogP contribution in [0.2, 0.25) is 0 Å². The number of aromatic amines is 1. The second-order valence-corrected chi connectivity index (χ2v) is 5.90. The van der Waals surface area contributed by atoms with E-state index in [2.05, 4.69) is 36.3 Å². The average Bonchev–Trinajstić information content (AvgIpc) is 2.63. The lowest BCUT2D eigenvalue weighted by atomic mass is 9.91. The van der Waals surface area contributed by atoms with Crippen LogP contribution in [0.4, 0.5) is 5.82 Å². The summed E-state index contributed by atoms with van der Waals surface area (Å²) in [4.78, 5) is 11.7. The van der Waals surface area contributed by atoms with Gasteiger partial charge in [-0.3, -0.25) is 9.89 Å². The van der Waals surface area contributed by atoms with Gasteiger partial charge in [0, 0.05) is 11.8 Å². The molecule has 4 N–H and O–H groups in total. The summed E-state index contributed by atoms with van der Waals surface area (Å²) in [7, 11) is 0.